The summed E-state index contributed by atoms with van der Waals surface area (Å²) < 4.78 is 4.74. The van der Waals surface area contributed by atoms with Crippen LogP contribution in [0.1, 0.15) is 29.9 Å². The van der Waals surface area contributed by atoms with Gasteiger partial charge in [0.15, 0.2) is 5.69 Å². The summed E-state index contributed by atoms with van der Waals surface area (Å²) in [6.45, 7) is 7.76. The van der Waals surface area contributed by atoms with E-state index < -0.39 is 0 Å². The highest BCUT2D eigenvalue weighted by Crippen LogP contribution is 2.23. The van der Waals surface area contributed by atoms with Gasteiger partial charge in [0.25, 0.3) is 0 Å². The monoisotopic (exact) mass is 222 g/mol. The van der Waals surface area contributed by atoms with Crippen LogP contribution < -0.4 is 4.90 Å². The molecule has 4 nitrogen and oxygen atoms in total. The molecule has 0 atom stereocenters. The summed E-state index contributed by atoms with van der Waals surface area (Å²) in [5.74, 6) is -0.384. The highest BCUT2D eigenvalue weighted by Gasteiger charge is 2.18. The standard InChI is InChI=1S/C12H18N2O2/c1-5-14(6-2)11-9(3)7-8-13-10(11)12(15)16-4/h7-8H,5-6H2,1-4H3. The van der Waals surface area contributed by atoms with E-state index in [-0.39, 0.29) is 5.97 Å². The van der Waals surface area contributed by atoms with E-state index in [1.54, 1.807) is 6.20 Å². The molecule has 0 bridgehead atoms. The minimum absolute atomic E-state index is 0.384. The average molecular weight is 222 g/mol. The van der Waals surface area contributed by atoms with E-state index in [0.717, 1.165) is 24.3 Å². The molecule has 1 heterocycles. The van der Waals surface area contributed by atoms with Gasteiger partial charge in [-0.05, 0) is 32.4 Å². The molecular formula is C12H18N2O2. The molecule has 1 aromatic rings. The lowest BCUT2D eigenvalue weighted by Crippen LogP contribution is -2.26. The smallest absolute Gasteiger partial charge is 0.358 e. The fourth-order valence-corrected chi connectivity index (χ4v) is 1.74. The molecule has 0 saturated carbocycles. The first-order chi connectivity index (χ1) is 7.65. The Hall–Kier alpha value is -1.58. The zero-order valence-electron chi connectivity index (χ0n) is 10.3. The van der Waals surface area contributed by atoms with E-state index in [1.807, 2.05) is 13.0 Å². The van der Waals surface area contributed by atoms with Crippen LogP contribution in [0.25, 0.3) is 0 Å². The van der Waals surface area contributed by atoms with Gasteiger partial charge in [-0.3, -0.25) is 0 Å². The Morgan fingerprint density at radius 1 is 1.44 bits per heavy atom. The van der Waals surface area contributed by atoms with Crippen molar-refractivity contribution in [2.45, 2.75) is 20.8 Å². The van der Waals surface area contributed by atoms with Crippen LogP contribution in [0.5, 0.6) is 0 Å². The SMILES string of the molecule is CCN(CC)c1c(C)ccnc1C(=O)OC. The Balaban J connectivity index is 3.27. The predicted molar refractivity (Wildman–Crippen MR) is 63.9 cm³/mol. The Morgan fingerprint density at radius 2 is 2.06 bits per heavy atom. The molecule has 1 aromatic heterocycles. The number of hydrogen-bond donors (Lipinski definition) is 0. The summed E-state index contributed by atoms with van der Waals surface area (Å²) in [6, 6.07) is 1.90. The van der Waals surface area contributed by atoms with Gasteiger partial charge in [-0.1, -0.05) is 0 Å². The molecule has 0 spiro atoms. The number of aromatic nitrogens is 1. The second kappa shape index (κ2) is 5.49. The summed E-state index contributed by atoms with van der Waals surface area (Å²) in [4.78, 5) is 17.8. The molecule has 1 rings (SSSR count). The summed E-state index contributed by atoms with van der Waals surface area (Å²) in [5, 5.41) is 0. The molecule has 16 heavy (non-hydrogen) atoms. The number of carbonyl (C=O) groups excluding carboxylic acids is 1. The Morgan fingerprint density at radius 3 is 2.56 bits per heavy atom. The van der Waals surface area contributed by atoms with Gasteiger partial charge in [-0.2, -0.15) is 0 Å². The van der Waals surface area contributed by atoms with E-state index in [0.29, 0.717) is 5.69 Å². The number of methoxy groups -OCH3 is 1. The molecule has 0 saturated heterocycles. The van der Waals surface area contributed by atoms with Crippen LogP contribution in [0.2, 0.25) is 0 Å². The molecule has 0 amide bonds. The Labute approximate surface area is 96.2 Å². The average Bonchev–Trinajstić information content (AvgIpc) is 2.31. The molecule has 0 N–H and O–H groups in total. The predicted octanol–water partition coefficient (Wildman–Crippen LogP) is 2.02. The van der Waals surface area contributed by atoms with E-state index in [2.05, 4.69) is 23.7 Å². The summed E-state index contributed by atoms with van der Waals surface area (Å²) >= 11 is 0. The number of carbonyl (C=O) groups is 1. The summed E-state index contributed by atoms with van der Waals surface area (Å²) in [7, 11) is 1.37. The number of anilines is 1. The van der Waals surface area contributed by atoms with Gasteiger partial charge < -0.3 is 9.64 Å². The fourth-order valence-electron chi connectivity index (χ4n) is 1.74. The van der Waals surface area contributed by atoms with E-state index in [4.69, 9.17) is 4.74 Å². The van der Waals surface area contributed by atoms with Crippen LogP contribution in [0, 0.1) is 6.92 Å². The van der Waals surface area contributed by atoms with E-state index in [9.17, 15) is 4.79 Å². The molecular weight excluding hydrogens is 204 g/mol. The number of hydrogen-bond acceptors (Lipinski definition) is 4. The zero-order valence-corrected chi connectivity index (χ0v) is 10.3. The van der Waals surface area contributed by atoms with Gasteiger partial charge in [0.05, 0.1) is 12.8 Å². The van der Waals surface area contributed by atoms with E-state index in [1.165, 1.54) is 7.11 Å². The molecule has 4 heteroatoms. The maximum atomic E-state index is 11.6. The Kier molecular flexibility index (Phi) is 4.28. The number of ether oxygens (including phenoxy) is 1. The molecule has 0 aromatic carbocycles. The lowest BCUT2D eigenvalue weighted by Gasteiger charge is -2.24. The zero-order chi connectivity index (χ0) is 12.1. The molecule has 0 aliphatic carbocycles. The fraction of sp³-hybridized carbons (Fsp3) is 0.500. The van der Waals surface area contributed by atoms with Gasteiger partial charge in [0.2, 0.25) is 0 Å². The van der Waals surface area contributed by atoms with Crippen molar-refractivity contribution in [2.24, 2.45) is 0 Å². The minimum Gasteiger partial charge on any atom is -0.464 e. The molecule has 0 aliphatic rings. The third-order valence-electron chi connectivity index (χ3n) is 2.58. The van der Waals surface area contributed by atoms with Crippen LogP contribution in [0.3, 0.4) is 0 Å². The minimum atomic E-state index is -0.384. The largest absolute Gasteiger partial charge is 0.464 e. The molecule has 0 fully saturated rings. The van der Waals surface area contributed by atoms with Crippen molar-refractivity contribution in [2.75, 3.05) is 25.1 Å². The lowest BCUT2D eigenvalue weighted by molar-refractivity contribution is 0.0594. The number of esters is 1. The number of pyridine rings is 1. The van der Waals surface area contributed by atoms with Crippen LogP contribution in [-0.4, -0.2) is 31.2 Å². The molecule has 0 unspecified atom stereocenters. The highest BCUT2D eigenvalue weighted by atomic mass is 16.5. The number of rotatable bonds is 4. The van der Waals surface area contributed by atoms with Crippen molar-refractivity contribution in [1.82, 2.24) is 4.98 Å². The van der Waals surface area contributed by atoms with Crippen molar-refractivity contribution in [3.63, 3.8) is 0 Å². The normalized spacial score (nSPS) is 10.0. The van der Waals surface area contributed by atoms with Gasteiger partial charge in [-0.15, -0.1) is 0 Å². The third-order valence-corrected chi connectivity index (χ3v) is 2.58. The van der Waals surface area contributed by atoms with Crippen LogP contribution >= 0.6 is 0 Å². The van der Waals surface area contributed by atoms with Gasteiger partial charge in [0, 0.05) is 19.3 Å². The Bertz CT molecular complexity index is 373. The first-order valence-corrected chi connectivity index (χ1v) is 5.44. The quantitative estimate of drug-likeness (QED) is 0.731. The van der Waals surface area contributed by atoms with Crippen molar-refractivity contribution in [3.05, 3.63) is 23.5 Å². The summed E-state index contributed by atoms with van der Waals surface area (Å²) in [6.07, 6.45) is 1.63. The molecule has 0 aliphatic heterocycles. The van der Waals surface area contributed by atoms with Crippen molar-refractivity contribution >= 4 is 11.7 Å². The first kappa shape index (κ1) is 12.5. The number of nitrogens with zero attached hydrogens (tertiary/aromatic N) is 2. The molecule has 88 valence electrons. The topological polar surface area (TPSA) is 42.4 Å². The van der Waals surface area contributed by atoms with Crippen molar-refractivity contribution in [1.29, 1.82) is 0 Å². The number of aryl methyl sites for hydroxylation is 1. The summed E-state index contributed by atoms with van der Waals surface area (Å²) in [5.41, 5.74) is 2.31. The highest BCUT2D eigenvalue weighted by molar-refractivity contribution is 5.94. The van der Waals surface area contributed by atoms with Gasteiger partial charge >= 0.3 is 5.97 Å². The third kappa shape index (κ3) is 2.32. The van der Waals surface area contributed by atoms with Gasteiger partial charge in [-0.25, -0.2) is 9.78 Å². The second-order valence-corrected chi connectivity index (χ2v) is 3.49. The van der Waals surface area contributed by atoms with Crippen molar-refractivity contribution < 1.29 is 9.53 Å². The maximum absolute atomic E-state index is 11.6. The van der Waals surface area contributed by atoms with Crippen LogP contribution in [0.4, 0.5) is 5.69 Å². The van der Waals surface area contributed by atoms with Gasteiger partial charge in [0.1, 0.15) is 0 Å². The van der Waals surface area contributed by atoms with Crippen LogP contribution in [0.15, 0.2) is 12.3 Å². The van der Waals surface area contributed by atoms with E-state index >= 15 is 0 Å². The van der Waals surface area contributed by atoms with Crippen LogP contribution in [-0.2, 0) is 4.74 Å². The maximum Gasteiger partial charge on any atom is 0.358 e. The first-order valence-electron chi connectivity index (χ1n) is 5.44. The lowest BCUT2D eigenvalue weighted by atomic mass is 10.1. The molecule has 0 radical (unpaired) electrons. The second-order valence-electron chi connectivity index (χ2n) is 3.49. The van der Waals surface area contributed by atoms with Crippen molar-refractivity contribution in [3.8, 4) is 0 Å².